The minimum absolute atomic E-state index is 0.0109. The number of hydrogen-bond donors (Lipinski definition) is 0. The first kappa shape index (κ1) is 32.2. The van der Waals surface area contributed by atoms with Crippen molar-refractivity contribution in [3.63, 3.8) is 0 Å². The molecular formula is C52H38N2OS. The van der Waals surface area contributed by atoms with Crippen LogP contribution in [0.15, 0.2) is 143 Å². The van der Waals surface area contributed by atoms with Crippen LogP contribution in [0.4, 0.5) is 0 Å². The highest BCUT2D eigenvalue weighted by molar-refractivity contribution is 7.26. The third-order valence-electron chi connectivity index (χ3n) is 13.0. The van der Waals surface area contributed by atoms with E-state index >= 15 is 0 Å². The molecule has 3 nitrogen and oxygen atoms in total. The summed E-state index contributed by atoms with van der Waals surface area (Å²) < 4.78 is 8.81. The minimum atomic E-state index is -0.0676. The van der Waals surface area contributed by atoms with E-state index in [0.717, 1.165) is 46.0 Å². The summed E-state index contributed by atoms with van der Waals surface area (Å²) in [6.45, 7) is 9.61. The number of hydrogen-bond acceptors (Lipinski definition) is 4. The second kappa shape index (κ2) is 11.2. The van der Waals surface area contributed by atoms with E-state index in [4.69, 9.17) is 14.4 Å². The second-order valence-corrected chi connectivity index (χ2v) is 17.9. The molecule has 56 heavy (non-hydrogen) atoms. The van der Waals surface area contributed by atoms with Crippen molar-refractivity contribution in [3.8, 4) is 44.9 Å². The van der Waals surface area contributed by atoms with Crippen molar-refractivity contribution < 1.29 is 4.42 Å². The Hall–Kier alpha value is -6.10. The fourth-order valence-electron chi connectivity index (χ4n) is 10.1. The zero-order chi connectivity index (χ0) is 37.5. The van der Waals surface area contributed by atoms with Gasteiger partial charge >= 0.3 is 0 Å². The zero-order valence-corrected chi connectivity index (χ0v) is 32.6. The van der Waals surface area contributed by atoms with Crippen LogP contribution in [0.3, 0.4) is 0 Å². The van der Waals surface area contributed by atoms with E-state index in [9.17, 15) is 0 Å². The lowest BCUT2D eigenvalue weighted by atomic mass is 9.79. The molecule has 0 spiro atoms. The molecule has 268 valence electrons. The Balaban J connectivity index is 0.995. The molecule has 0 aliphatic heterocycles. The van der Waals surface area contributed by atoms with Gasteiger partial charge in [-0.05, 0) is 111 Å². The van der Waals surface area contributed by atoms with E-state index in [1.807, 2.05) is 35.6 Å². The molecule has 3 aliphatic carbocycles. The average Bonchev–Trinajstić information content (AvgIpc) is 3.92. The van der Waals surface area contributed by atoms with Gasteiger partial charge in [0.15, 0.2) is 5.82 Å². The van der Waals surface area contributed by atoms with Crippen molar-refractivity contribution in [2.75, 3.05) is 0 Å². The maximum absolute atomic E-state index is 6.38. The van der Waals surface area contributed by atoms with Crippen LogP contribution in [0, 0.1) is 0 Å². The van der Waals surface area contributed by atoms with Crippen LogP contribution in [-0.2, 0) is 10.8 Å². The fraction of sp³-hybridized carbons (Fsp3) is 0.154. The summed E-state index contributed by atoms with van der Waals surface area (Å²) in [5.41, 5.74) is 18.3. The highest BCUT2D eigenvalue weighted by Gasteiger charge is 2.43. The Morgan fingerprint density at radius 2 is 1.29 bits per heavy atom. The summed E-state index contributed by atoms with van der Waals surface area (Å²) in [6.07, 6.45) is 7.23. The molecule has 0 unspecified atom stereocenters. The van der Waals surface area contributed by atoms with E-state index in [0.29, 0.717) is 11.5 Å². The summed E-state index contributed by atoms with van der Waals surface area (Å²) in [5, 5.41) is 4.45. The predicted octanol–water partition coefficient (Wildman–Crippen LogP) is 14.4. The molecule has 0 bridgehead atoms. The van der Waals surface area contributed by atoms with Crippen LogP contribution >= 0.6 is 11.3 Å². The Morgan fingerprint density at radius 1 is 0.554 bits per heavy atom. The topological polar surface area (TPSA) is 38.9 Å². The van der Waals surface area contributed by atoms with Gasteiger partial charge < -0.3 is 4.42 Å². The molecule has 0 atom stereocenters. The molecule has 6 aromatic carbocycles. The largest absolute Gasteiger partial charge is 0.438 e. The lowest BCUT2D eigenvalue weighted by molar-refractivity contribution is 0.648. The Kier molecular flexibility index (Phi) is 6.46. The fourth-order valence-corrected chi connectivity index (χ4v) is 11.3. The first-order valence-corrected chi connectivity index (χ1v) is 20.5. The first-order valence-electron chi connectivity index (χ1n) is 19.7. The standard InChI is InChI=1S/C52H38N2OS/c1-51(2)40-19-10-8-15-32(40)37-27-43-38(28-42(37)51)36-25-30(21-23-41(36)52(43,3)4)31-22-24-45-39(26-31)33-17-12-18-35(48(33)56-45)49-53-47(29-13-6-5-7-14-29)46-34-16-9-11-20-44(34)55-50(46)54-49/h5-7,9,11-28H,8,10H2,1-4H3. The molecule has 4 heteroatoms. The zero-order valence-electron chi connectivity index (χ0n) is 31.8. The molecule has 3 aromatic heterocycles. The maximum Gasteiger partial charge on any atom is 0.231 e. The summed E-state index contributed by atoms with van der Waals surface area (Å²) in [5.74, 6) is 0.675. The molecule has 0 saturated carbocycles. The number of aromatic nitrogens is 2. The normalized spacial score (nSPS) is 16.2. The van der Waals surface area contributed by atoms with Crippen molar-refractivity contribution in [2.24, 2.45) is 0 Å². The second-order valence-electron chi connectivity index (χ2n) is 16.8. The van der Waals surface area contributed by atoms with Gasteiger partial charge in [0.2, 0.25) is 5.71 Å². The van der Waals surface area contributed by atoms with Gasteiger partial charge in [-0.3, -0.25) is 0 Å². The molecule has 12 rings (SSSR count). The average molecular weight is 739 g/mol. The van der Waals surface area contributed by atoms with Crippen molar-refractivity contribution in [1.29, 1.82) is 0 Å². The number of thiophene rings is 1. The summed E-state index contributed by atoms with van der Waals surface area (Å²) in [6, 6.07) is 44.3. The molecule has 9 aromatic rings. The lowest BCUT2D eigenvalue weighted by Gasteiger charge is -2.24. The van der Waals surface area contributed by atoms with Crippen LogP contribution in [0.2, 0.25) is 0 Å². The van der Waals surface area contributed by atoms with E-state index < -0.39 is 0 Å². The van der Waals surface area contributed by atoms with Gasteiger partial charge in [0.1, 0.15) is 5.58 Å². The Bertz CT molecular complexity index is 3240. The van der Waals surface area contributed by atoms with Crippen molar-refractivity contribution in [1.82, 2.24) is 9.97 Å². The third kappa shape index (κ3) is 4.33. The summed E-state index contributed by atoms with van der Waals surface area (Å²) in [7, 11) is 0. The number of fused-ring (bicyclic) bond motifs is 12. The van der Waals surface area contributed by atoms with E-state index in [-0.39, 0.29) is 10.8 Å². The highest BCUT2D eigenvalue weighted by Crippen LogP contribution is 2.57. The molecule has 0 radical (unpaired) electrons. The number of rotatable bonds is 3. The van der Waals surface area contributed by atoms with E-state index in [1.165, 1.54) is 75.8 Å². The lowest BCUT2D eigenvalue weighted by Crippen LogP contribution is -2.17. The van der Waals surface area contributed by atoms with E-state index in [2.05, 4.69) is 137 Å². The van der Waals surface area contributed by atoms with Crippen LogP contribution in [0.1, 0.15) is 62.8 Å². The van der Waals surface area contributed by atoms with Gasteiger partial charge in [0.25, 0.3) is 0 Å². The maximum atomic E-state index is 6.38. The van der Waals surface area contributed by atoms with Crippen LogP contribution in [-0.4, -0.2) is 9.97 Å². The third-order valence-corrected chi connectivity index (χ3v) is 14.2. The number of benzene rings is 6. The smallest absolute Gasteiger partial charge is 0.231 e. The van der Waals surface area contributed by atoms with E-state index in [1.54, 1.807) is 0 Å². The van der Waals surface area contributed by atoms with Gasteiger partial charge in [-0.25, -0.2) is 4.98 Å². The van der Waals surface area contributed by atoms with Gasteiger partial charge in [0.05, 0.1) is 11.1 Å². The van der Waals surface area contributed by atoms with Crippen molar-refractivity contribution in [3.05, 3.63) is 161 Å². The first-order chi connectivity index (χ1) is 27.3. The number of furan rings is 1. The van der Waals surface area contributed by atoms with Crippen molar-refractivity contribution >= 4 is 59.2 Å². The SMILES string of the molecule is CC1(C)C2=CCCC=C2c2cc3c(cc21)-c1cc(-c2ccc4sc5c(-c6nc(-c7ccccc7)c7c(n6)oc6ccccc67)cccc5c4c2)ccc1C3(C)C. The van der Waals surface area contributed by atoms with Crippen molar-refractivity contribution in [2.45, 2.75) is 51.4 Å². The van der Waals surface area contributed by atoms with Crippen LogP contribution < -0.4 is 0 Å². The Morgan fingerprint density at radius 3 is 2.18 bits per heavy atom. The van der Waals surface area contributed by atoms with Gasteiger partial charge in [0, 0.05) is 47.5 Å². The number of allylic oxidation sites excluding steroid dienone is 4. The summed E-state index contributed by atoms with van der Waals surface area (Å²) >= 11 is 1.81. The molecule has 0 fully saturated rings. The van der Waals surface area contributed by atoms with Gasteiger partial charge in [-0.2, -0.15) is 4.98 Å². The highest BCUT2D eigenvalue weighted by atomic mass is 32.1. The molecule has 3 aliphatic rings. The van der Waals surface area contributed by atoms with Crippen LogP contribution in [0.25, 0.3) is 92.7 Å². The minimum Gasteiger partial charge on any atom is -0.438 e. The number of nitrogens with zero attached hydrogens (tertiary/aromatic N) is 2. The van der Waals surface area contributed by atoms with Gasteiger partial charge in [-0.15, -0.1) is 11.3 Å². The number of para-hydroxylation sites is 1. The van der Waals surface area contributed by atoms with Crippen LogP contribution in [0.5, 0.6) is 0 Å². The molecule has 0 saturated heterocycles. The predicted molar refractivity (Wildman–Crippen MR) is 234 cm³/mol. The van der Waals surface area contributed by atoms with Gasteiger partial charge in [-0.1, -0.05) is 119 Å². The monoisotopic (exact) mass is 738 g/mol. The molecule has 3 heterocycles. The molecule has 0 amide bonds. The molecular weight excluding hydrogens is 701 g/mol. The molecule has 0 N–H and O–H groups in total. The summed E-state index contributed by atoms with van der Waals surface area (Å²) in [4.78, 5) is 10.4. The quantitative estimate of drug-likeness (QED) is 0.181. The Labute approximate surface area is 329 Å².